The van der Waals surface area contributed by atoms with Crippen LogP contribution in [0, 0.1) is 11.8 Å². The number of nitrogens with zero attached hydrogens (tertiary/aromatic N) is 1. The predicted molar refractivity (Wildman–Crippen MR) is 91.1 cm³/mol. The van der Waals surface area contributed by atoms with Gasteiger partial charge in [0.1, 0.15) is 0 Å². The van der Waals surface area contributed by atoms with Crippen molar-refractivity contribution in [3.8, 4) is 0 Å². The van der Waals surface area contributed by atoms with Crippen molar-refractivity contribution < 1.29 is 9.59 Å². The molecule has 0 saturated carbocycles. The van der Waals surface area contributed by atoms with E-state index in [9.17, 15) is 9.59 Å². The molecule has 0 aromatic heterocycles. The lowest BCUT2D eigenvalue weighted by atomic mass is 9.95. The van der Waals surface area contributed by atoms with Crippen LogP contribution < -0.4 is 16.4 Å². The summed E-state index contributed by atoms with van der Waals surface area (Å²) in [6, 6.07) is -0.0701. The van der Waals surface area contributed by atoms with E-state index in [1.165, 1.54) is 0 Å². The van der Waals surface area contributed by atoms with Gasteiger partial charge in [-0.05, 0) is 32.6 Å². The minimum Gasteiger partial charge on any atom is -0.350 e. The Kier molecular flexibility index (Phi) is 8.78. The quantitative estimate of drug-likeness (QED) is 0.709. The molecular weight excluding hydrogens is 304 g/mol. The van der Waals surface area contributed by atoms with Crippen LogP contribution in [-0.4, -0.2) is 48.6 Å². The van der Waals surface area contributed by atoms with Crippen molar-refractivity contribution in [2.75, 3.05) is 26.2 Å². The second-order valence-electron chi connectivity index (χ2n) is 6.94. The molecule has 1 unspecified atom stereocenters. The largest absolute Gasteiger partial charge is 0.350 e. The number of urea groups is 1. The molecule has 1 rings (SSSR count). The van der Waals surface area contributed by atoms with Gasteiger partial charge in [-0.15, -0.1) is 12.4 Å². The van der Waals surface area contributed by atoms with Crippen LogP contribution in [0.4, 0.5) is 4.79 Å². The summed E-state index contributed by atoms with van der Waals surface area (Å²) in [4.78, 5) is 26.1. The number of likely N-dealkylation sites (tertiary alicyclic amines) is 1. The molecular formula is C15H31ClN4O2. The van der Waals surface area contributed by atoms with Gasteiger partial charge in [0.25, 0.3) is 0 Å². The molecule has 1 aliphatic rings. The molecule has 0 aromatic rings. The number of hydrogen-bond donors (Lipinski definition) is 3. The summed E-state index contributed by atoms with van der Waals surface area (Å²) in [5.41, 5.74) is 5.23. The number of nitrogens with two attached hydrogens (primary N) is 1. The summed E-state index contributed by atoms with van der Waals surface area (Å²) in [7, 11) is 0. The number of nitrogens with one attached hydrogen (secondary N) is 2. The van der Waals surface area contributed by atoms with Gasteiger partial charge in [0.2, 0.25) is 5.91 Å². The minimum absolute atomic E-state index is 0. The van der Waals surface area contributed by atoms with E-state index in [0.29, 0.717) is 32.1 Å². The first-order valence-corrected chi connectivity index (χ1v) is 7.80. The van der Waals surface area contributed by atoms with Crippen molar-refractivity contribution in [1.82, 2.24) is 15.5 Å². The van der Waals surface area contributed by atoms with Gasteiger partial charge in [-0.3, -0.25) is 4.79 Å². The summed E-state index contributed by atoms with van der Waals surface area (Å²) in [5.74, 6) is 0.268. The summed E-state index contributed by atoms with van der Waals surface area (Å²) in [5, 5.41) is 5.87. The Morgan fingerprint density at radius 3 is 2.55 bits per heavy atom. The van der Waals surface area contributed by atoms with Gasteiger partial charge in [0.05, 0.1) is 5.92 Å². The predicted octanol–water partition coefficient (Wildman–Crippen LogP) is 1.34. The molecule has 0 aliphatic carbocycles. The van der Waals surface area contributed by atoms with Gasteiger partial charge in [0, 0.05) is 31.7 Å². The normalized spacial score (nSPS) is 18.6. The molecule has 0 radical (unpaired) electrons. The summed E-state index contributed by atoms with van der Waals surface area (Å²) in [6.07, 6.45) is 1.68. The Balaban J connectivity index is 0.00000441. The van der Waals surface area contributed by atoms with Gasteiger partial charge in [0.15, 0.2) is 0 Å². The zero-order chi connectivity index (χ0) is 16.0. The van der Waals surface area contributed by atoms with Crippen LogP contribution >= 0.6 is 12.4 Å². The second kappa shape index (κ2) is 9.20. The van der Waals surface area contributed by atoms with E-state index in [2.05, 4.69) is 24.5 Å². The van der Waals surface area contributed by atoms with E-state index in [1.807, 2.05) is 13.8 Å². The van der Waals surface area contributed by atoms with Gasteiger partial charge >= 0.3 is 6.03 Å². The van der Waals surface area contributed by atoms with Crippen LogP contribution in [0.25, 0.3) is 0 Å². The highest BCUT2D eigenvalue weighted by Crippen LogP contribution is 2.17. The molecule has 1 fully saturated rings. The molecule has 6 nitrogen and oxygen atoms in total. The molecule has 1 atom stereocenters. The van der Waals surface area contributed by atoms with Crippen LogP contribution in [0.2, 0.25) is 0 Å². The van der Waals surface area contributed by atoms with E-state index < -0.39 is 5.54 Å². The molecule has 1 aliphatic heterocycles. The SMILES string of the molecule is CC(C)CNC(=O)N1CCCC(C(=O)NC(C)(C)CN)C1.Cl. The Hall–Kier alpha value is -1.01. The van der Waals surface area contributed by atoms with Gasteiger partial charge < -0.3 is 21.3 Å². The molecule has 0 spiro atoms. The Morgan fingerprint density at radius 2 is 2.00 bits per heavy atom. The van der Waals surface area contributed by atoms with Crippen molar-refractivity contribution in [3.05, 3.63) is 0 Å². The minimum atomic E-state index is -0.404. The fourth-order valence-electron chi connectivity index (χ4n) is 2.27. The molecule has 0 bridgehead atoms. The van der Waals surface area contributed by atoms with E-state index in [-0.39, 0.29) is 30.3 Å². The first kappa shape index (κ1) is 21.0. The highest BCUT2D eigenvalue weighted by atomic mass is 35.5. The third kappa shape index (κ3) is 6.83. The lowest BCUT2D eigenvalue weighted by molar-refractivity contribution is -0.127. The van der Waals surface area contributed by atoms with E-state index >= 15 is 0 Å². The molecule has 0 aromatic carbocycles. The van der Waals surface area contributed by atoms with Crippen molar-refractivity contribution >= 4 is 24.3 Å². The maximum atomic E-state index is 12.3. The highest BCUT2D eigenvalue weighted by molar-refractivity contribution is 5.85. The van der Waals surface area contributed by atoms with Crippen molar-refractivity contribution in [1.29, 1.82) is 0 Å². The molecule has 1 heterocycles. The third-order valence-electron chi connectivity index (χ3n) is 3.71. The van der Waals surface area contributed by atoms with Crippen LogP contribution in [-0.2, 0) is 4.79 Å². The average molecular weight is 335 g/mol. The molecule has 3 amide bonds. The standard InChI is InChI=1S/C15H30N4O2.ClH/c1-11(2)8-17-14(21)19-7-5-6-12(9-19)13(20)18-15(3,4)10-16;/h11-12H,5-10,16H2,1-4H3,(H,17,21)(H,18,20);1H. The van der Waals surface area contributed by atoms with Crippen molar-refractivity contribution in [2.24, 2.45) is 17.6 Å². The maximum Gasteiger partial charge on any atom is 0.317 e. The van der Waals surface area contributed by atoms with Gasteiger partial charge in [-0.2, -0.15) is 0 Å². The number of rotatable bonds is 5. The van der Waals surface area contributed by atoms with Crippen molar-refractivity contribution in [3.63, 3.8) is 0 Å². The first-order valence-electron chi connectivity index (χ1n) is 7.80. The summed E-state index contributed by atoms with van der Waals surface area (Å²) >= 11 is 0. The Labute approximate surface area is 140 Å². The van der Waals surface area contributed by atoms with Gasteiger partial charge in [-0.1, -0.05) is 13.8 Å². The van der Waals surface area contributed by atoms with Crippen LogP contribution in [0.3, 0.4) is 0 Å². The molecule has 22 heavy (non-hydrogen) atoms. The monoisotopic (exact) mass is 334 g/mol. The Morgan fingerprint density at radius 1 is 1.36 bits per heavy atom. The summed E-state index contributed by atoms with van der Waals surface area (Å²) < 4.78 is 0. The van der Waals surface area contributed by atoms with Crippen LogP contribution in [0.1, 0.15) is 40.5 Å². The smallest absolute Gasteiger partial charge is 0.317 e. The molecule has 130 valence electrons. The number of carbonyl (C=O) groups excluding carboxylic acids is 2. The lowest BCUT2D eigenvalue weighted by Gasteiger charge is -2.34. The number of amides is 3. The molecule has 7 heteroatoms. The van der Waals surface area contributed by atoms with Crippen molar-refractivity contribution in [2.45, 2.75) is 46.1 Å². The highest BCUT2D eigenvalue weighted by Gasteiger charge is 2.30. The topological polar surface area (TPSA) is 87.5 Å². The number of hydrogen-bond acceptors (Lipinski definition) is 3. The van der Waals surface area contributed by atoms with E-state index in [4.69, 9.17) is 5.73 Å². The van der Waals surface area contributed by atoms with Crippen LogP contribution in [0.15, 0.2) is 0 Å². The van der Waals surface area contributed by atoms with E-state index in [1.54, 1.807) is 4.90 Å². The fraction of sp³-hybridized carbons (Fsp3) is 0.867. The van der Waals surface area contributed by atoms with Gasteiger partial charge in [-0.25, -0.2) is 4.79 Å². The second-order valence-corrected chi connectivity index (χ2v) is 6.94. The zero-order valence-corrected chi connectivity index (χ0v) is 15.0. The summed E-state index contributed by atoms with van der Waals surface area (Å²) in [6.45, 7) is 10.2. The number of halogens is 1. The lowest BCUT2D eigenvalue weighted by Crippen LogP contribution is -2.54. The first-order chi connectivity index (χ1) is 9.75. The number of carbonyl (C=O) groups is 2. The third-order valence-corrected chi connectivity index (χ3v) is 3.71. The van der Waals surface area contributed by atoms with Crippen LogP contribution in [0.5, 0.6) is 0 Å². The zero-order valence-electron chi connectivity index (χ0n) is 14.1. The molecule has 4 N–H and O–H groups in total. The molecule has 1 saturated heterocycles. The Bertz CT molecular complexity index is 375. The van der Waals surface area contributed by atoms with E-state index in [0.717, 1.165) is 12.8 Å². The fourth-order valence-corrected chi connectivity index (χ4v) is 2.27. The number of piperidine rings is 1. The maximum absolute atomic E-state index is 12.3. The average Bonchev–Trinajstić information content (AvgIpc) is 2.44.